The maximum atomic E-state index is 13.7. The molecule has 2 N–H and O–H groups in total. The molecule has 1 saturated carbocycles. The van der Waals surface area contributed by atoms with E-state index in [-0.39, 0.29) is 53.3 Å². The van der Waals surface area contributed by atoms with Crippen LogP contribution in [0.4, 0.5) is 15.9 Å². The molecule has 0 radical (unpaired) electrons. The molecule has 15 nitrogen and oxygen atoms in total. The summed E-state index contributed by atoms with van der Waals surface area (Å²) in [5, 5.41) is 5.11. The van der Waals surface area contributed by atoms with Crippen LogP contribution in [0.1, 0.15) is 85.4 Å². The number of aromatic nitrogens is 4. The minimum Gasteiger partial charge on any atom is -0.490 e. The number of likely N-dealkylation sites (tertiary alicyclic amines) is 1. The van der Waals surface area contributed by atoms with Crippen molar-refractivity contribution in [3.05, 3.63) is 82.3 Å². The Hall–Kier alpha value is -5.64. The van der Waals surface area contributed by atoms with Gasteiger partial charge in [-0.05, 0) is 56.9 Å². The van der Waals surface area contributed by atoms with Crippen LogP contribution in [0.2, 0.25) is 0 Å². The molecule has 4 amide bonds. The zero-order valence-corrected chi connectivity index (χ0v) is 31.5. The second-order valence-corrected chi connectivity index (χ2v) is 15.4. The minimum absolute atomic E-state index is 0.0648. The van der Waals surface area contributed by atoms with Gasteiger partial charge in [-0.1, -0.05) is 6.07 Å². The zero-order valence-electron chi connectivity index (χ0n) is 31.5. The van der Waals surface area contributed by atoms with Gasteiger partial charge in [-0.2, -0.15) is 0 Å². The van der Waals surface area contributed by atoms with Gasteiger partial charge in [0.15, 0.2) is 0 Å². The fourth-order valence-corrected chi connectivity index (χ4v) is 7.90. The van der Waals surface area contributed by atoms with Crippen molar-refractivity contribution in [1.29, 1.82) is 0 Å². The number of pyridine rings is 3. The van der Waals surface area contributed by atoms with Gasteiger partial charge in [-0.3, -0.25) is 34.2 Å². The van der Waals surface area contributed by atoms with Crippen LogP contribution in [0, 0.1) is 0 Å². The van der Waals surface area contributed by atoms with E-state index in [1.54, 1.807) is 28.9 Å². The molecule has 3 aliphatic heterocycles. The van der Waals surface area contributed by atoms with E-state index in [0.717, 1.165) is 56.1 Å². The van der Waals surface area contributed by atoms with Gasteiger partial charge in [0.25, 0.3) is 11.5 Å². The number of amides is 4. The Bertz CT molecular complexity index is 2210. The lowest BCUT2D eigenvalue weighted by atomic mass is 9.92. The first kappa shape index (κ1) is 37.3. The number of hydrogen-bond donors (Lipinski definition) is 2. The highest BCUT2D eigenvalue weighted by Crippen LogP contribution is 2.38. The number of nitrogens with one attached hydrogen (secondary N) is 2. The van der Waals surface area contributed by atoms with Gasteiger partial charge >= 0.3 is 0 Å². The number of ether oxygens (including phenoxy) is 1. The monoisotopic (exact) mass is 767 g/mol. The van der Waals surface area contributed by atoms with E-state index < -0.39 is 23.7 Å². The maximum Gasteiger partial charge on any atom is 0.274 e. The van der Waals surface area contributed by atoms with E-state index in [9.17, 15) is 28.4 Å². The SMILES string of the molecule is CC(C)Oc1cc2nc(C3CCN(C(=O)CN4CCN(c5ccc(C6CCC(=O)NC6=O)cn5)CC4)CC3)cn2cc1C(=O)Nc1cccn([C@H]2C[C@H]2F)c1=O. The Morgan fingerprint density at radius 2 is 1.79 bits per heavy atom. The summed E-state index contributed by atoms with van der Waals surface area (Å²) in [4.78, 5) is 79.5. The van der Waals surface area contributed by atoms with E-state index in [0.29, 0.717) is 43.9 Å². The van der Waals surface area contributed by atoms with Gasteiger partial charge in [-0.25, -0.2) is 14.4 Å². The molecule has 3 atom stereocenters. The van der Waals surface area contributed by atoms with Gasteiger partial charge in [0.2, 0.25) is 17.7 Å². The van der Waals surface area contributed by atoms with Crippen LogP contribution < -0.4 is 25.8 Å². The lowest BCUT2D eigenvalue weighted by molar-refractivity contribution is -0.135. The first-order valence-corrected chi connectivity index (χ1v) is 19.4. The molecule has 8 rings (SSSR count). The third-order valence-corrected chi connectivity index (χ3v) is 11.2. The second-order valence-electron chi connectivity index (χ2n) is 15.4. The minimum atomic E-state index is -1.06. The van der Waals surface area contributed by atoms with Gasteiger partial charge in [0.05, 0.1) is 35.9 Å². The highest BCUT2D eigenvalue weighted by molar-refractivity contribution is 6.06. The van der Waals surface area contributed by atoms with E-state index >= 15 is 0 Å². The van der Waals surface area contributed by atoms with Gasteiger partial charge < -0.3 is 28.8 Å². The molecule has 4 aliphatic rings. The zero-order chi connectivity index (χ0) is 39.1. The van der Waals surface area contributed by atoms with Crippen molar-refractivity contribution in [1.82, 2.24) is 34.1 Å². The van der Waals surface area contributed by atoms with Crippen molar-refractivity contribution < 1.29 is 28.3 Å². The number of halogens is 1. The number of imidazole rings is 1. The highest BCUT2D eigenvalue weighted by atomic mass is 19.1. The number of imide groups is 1. The predicted molar refractivity (Wildman–Crippen MR) is 205 cm³/mol. The number of nitrogens with zero attached hydrogens (tertiary/aromatic N) is 7. The Labute approximate surface area is 322 Å². The topological polar surface area (TPSA) is 163 Å². The van der Waals surface area contributed by atoms with Crippen molar-refractivity contribution in [2.45, 2.75) is 76.1 Å². The summed E-state index contributed by atoms with van der Waals surface area (Å²) >= 11 is 0. The average Bonchev–Trinajstić information content (AvgIpc) is 3.76. The molecule has 3 saturated heterocycles. The van der Waals surface area contributed by atoms with Crippen LogP contribution in [0.3, 0.4) is 0 Å². The standard InChI is InChI=1S/C40H46FN9O6/c1-24(2)56-33-19-35-43-31(22-49(35)21-28(33)39(54)44-30-4-3-11-50(40(30)55)32-18-29(32)41)25-9-12-48(13-10-25)37(52)23-46-14-16-47(17-15-46)34-7-5-26(20-42-34)27-6-8-36(51)45-38(27)53/h3-5,7,11,19-22,24-25,27,29,32H,6,8-10,12-18,23H2,1-2H3,(H,44,54)(H,45,51,53)/t27?,29-,32+/m1/s1. The molecule has 294 valence electrons. The molecule has 0 aromatic carbocycles. The first-order chi connectivity index (χ1) is 27.0. The van der Waals surface area contributed by atoms with E-state index in [2.05, 4.69) is 25.4 Å². The third-order valence-electron chi connectivity index (χ3n) is 11.2. The van der Waals surface area contributed by atoms with E-state index in [4.69, 9.17) is 9.72 Å². The number of carbonyl (C=O) groups excluding carboxylic acids is 4. The third kappa shape index (κ3) is 7.88. The van der Waals surface area contributed by atoms with E-state index in [1.807, 2.05) is 37.1 Å². The largest absolute Gasteiger partial charge is 0.490 e. The number of hydrogen-bond acceptors (Lipinski definition) is 10. The summed E-state index contributed by atoms with van der Waals surface area (Å²) in [7, 11) is 0. The van der Waals surface area contributed by atoms with Crippen LogP contribution in [-0.2, 0) is 14.4 Å². The fraction of sp³-hybridized carbons (Fsp3) is 0.475. The van der Waals surface area contributed by atoms with Crippen molar-refractivity contribution in [2.75, 3.05) is 56.0 Å². The first-order valence-electron chi connectivity index (χ1n) is 19.4. The molecule has 1 unspecified atom stereocenters. The van der Waals surface area contributed by atoms with Crippen molar-refractivity contribution in [3.8, 4) is 5.75 Å². The molecule has 1 aliphatic carbocycles. The molecule has 16 heteroatoms. The number of rotatable bonds is 10. The number of piperidine rings is 2. The summed E-state index contributed by atoms with van der Waals surface area (Å²) < 4.78 is 22.8. The number of piperazine rings is 1. The molecule has 4 fully saturated rings. The summed E-state index contributed by atoms with van der Waals surface area (Å²) in [5.74, 6) is 0.0136. The molecular weight excluding hydrogens is 721 g/mol. The van der Waals surface area contributed by atoms with Crippen molar-refractivity contribution in [2.24, 2.45) is 0 Å². The van der Waals surface area contributed by atoms with Crippen LogP contribution in [0.5, 0.6) is 5.75 Å². The Morgan fingerprint density at radius 3 is 2.46 bits per heavy atom. The summed E-state index contributed by atoms with van der Waals surface area (Å²) in [5.41, 5.74) is 2.14. The van der Waals surface area contributed by atoms with Gasteiger partial charge in [0, 0.05) is 88.9 Å². The number of carbonyl (C=O) groups is 4. The van der Waals surface area contributed by atoms with Gasteiger partial charge in [0.1, 0.15) is 29.1 Å². The number of anilines is 2. The molecule has 4 aromatic heterocycles. The Kier molecular flexibility index (Phi) is 10.3. The summed E-state index contributed by atoms with van der Waals surface area (Å²) in [6.07, 6.45) is 8.15. The predicted octanol–water partition coefficient (Wildman–Crippen LogP) is 3.26. The lowest BCUT2D eigenvalue weighted by Crippen LogP contribution is -2.51. The molecule has 56 heavy (non-hydrogen) atoms. The highest BCUT2D eigenvalue weighted by Gasteiger charge is 2.40. The Morgan fingerprint density at radius 1 is 1.02 bits per heavy atom. The lowest BCUT2D eigenvalue weighted by Gasteiger charge is -2.37. The molecular formula is C40H46FN9O6. The maximum absolute atomic E-state index is 13.7. The van der Waals surface area contributed by atoms with Crippen LogP contribution in [-0.4, -0.2) is 110 Å². The average molecular weight is 768 g/mol. The summed E-state index contributed by atoms with van der Waals surface area (Å²) in [6.45, 7) is 8.24. The van der Waals surface area contributed by atoms with E-state index in [1.165, 1.54) is 16.8 Å². The molecule has 7 heterocycles. The quantitative estimate of drug-likeness (QED) is 0.229. The second kappa shape index (κ2) is 15.5. The molecule has 0 bridgehead atoms. The Balaban J connectivity index is 0.851. The van der Waals surface area contributed by atoms with Crippen molar-refractivity contribution in [3.63, 3.8) is 0 Å². The van der Waals surface area contributed by atoms with Crippen molar-refractivity contribution >= 4 is 40.8 Å². The fourth-order valence-electron chi connectivity index (χ4n) is 7.90. The normalized spacial score (nSPS) is 22.0. The molecule has 4 aromatic rings. The van der Waals surface area contributed by atoms with Gasteiger partial charge in [-0.15, -0.1) is 0 Å². The number of fused-ring (bicyclic) bond motifs is 1. The number of alkyl halides is 1. The van der Waals surface area contributed by atoms with Crippen LogP contribution in [0.25, 0.3) is 5.65 Å². The van der Waals surface area contributed by atoms with Crippen LogP contribution >= 0.6 is 0 Å². The smallest absolute Gasteiger partial charge is 0.274 e. The van der Waals surface area contributed by atoms with Crippen LogP contribution in [0.15, 0.2) is 59.9 Å². The molecule has 0 spiro atoms. The summed E-state index contributed by atoms with van der Waals surface area (Å²) in [6, 6.07) is 8.18.